The molecule has 13 nitrogen and oxygen atoms in total. The van der Waals surface area contributed by atoms with Crippen LogP contribution in [-0.2, 0) is 16.1 Å². The number of carboxylic acid groups (broad SMARTS) is 2. The van der Waals surface area contributed by atoms with Gasteiger partial charge < -0.3 is 31.5 Å². The maximum absolute atomic E-state index is 12.4. The molecule has 0 saturated carbocycles. The average molecular weight is 456 g/mol. The fourth-order valence-electron chi connectivity index (χ4n) is 3.14. The summed E-state index contributed by atoms with van der Waals surface area (Å²) in [4.78, 5) is 49.0. The highest BCUT2D eigenvalue weighted by Gasteiger charge is 2.22. The van der Waals surface area contributed by atoms with Gasteiger partial charge in [-0.3, -0.25) is 15.3 Å². The maximum atomic E-state index is 12.4. The topological polar surface area (TPSA) is 209 Å². The van der Waals surface area contributed by atoms with E-state index >= 15 is 0 Å². The van der Waals surface area contributed by atoms with Crippen molar-refractivity contribution in [1.82, 2.24) is 15.3 Å². The highest BCUT2D eigenvalue weighted by molar-refractivity contribution is 6.01. The minimum absolute atomic E-state index is 0.201. The molecule has 1 aromatic heterocycles. The molecular formula is C20H24N8O5. The molecule has 2 aromatic rings. The van der Waals surface area contributed by atoms with Crippen molar-refractivity contribution in [3.8, 4) is 0 Å². The summed E-state index contributed by atoms with van der Waals surface area (Å²) in [5, 5.41) is 23.1. The number of rotatable bonds is 9. The van der Waals surface area contributed by atoms with Gasteiger partial charge in [0, 0.05) is 24.7 Å². The second-order valence-corrected chi connectivity index (χ2v) is 7.36. The molecule has 0 aliphatic carbocycles. The van der Waals surface area contributed by atoms with E-state index in [-0.39, 0.29) is 24.2 Å². The van der Waals surface area contributed by atoms with Crippen LogP contribution in [0.4, 0.5) is 11.5 Å². The van der Waals surface area contributed by atoms with Crippen LogP contribution in [0.15, 0.2) is 35.5 Å². The maximum Gasteiger partial charge on any atom is 0.326 e. The van der Waals surface area contributed by atoms with Crippen molar-refractivity contribution in [1.29, 1.82) is 0 Å². The SMILES string of the molecule is CN(Cc1cnc2c(n1)C(N)=NC(N)N2)c1ccc(C(=O)NC(CCC(=O)O)C(=O)O)cc1. The number of nitrogens with two attached hydrogens (primary N) is 2. The van der Waals surface area contributed by atoms with Crippen molar-refractivity contribution in [3.05, 3.63) is 47.4 Å². The smallest absolute Gasteiger partial charge is 0.326 e. The summed E-state index contributed by atoms with van der Waals surface area (Å²) in [7, 11) is 1.83. The number of benzene rings is 1. The first-order valence-corrected chi connectivity index (χ1v) is 9.92. The van der Waals surface area contributed by atoms with Gasteiger partial charge in [-0.05, 0) is 30.7 Å². The number of aromatic nitrogens is 2. The van der Waals surface area contributed by atoms with Gasteiger partial charge in [0.2, 0.25) is 0 Å². The first-order valence-electron chi connectivity index (χ1n) is 9.92. The minimum atomic E-state index is -1.30. The molecule has 1 aliphatic heterocycles. The van der Waals surface area contributed by atoms with E-state index in [9.17, 15) is 19.5 Å². The van der Waals surface area contributed by atoms with Gasteiger partial charge in [-0.15, -0.1) is 0 Å². The summed E-state index contributed by atoms with van der Waals surface area (Å²) >= 11 is 0. The van der Waals surface area contributed by atoms with Gasteiger partial charge in [0.1, 0.15) is 11.7 Å². The number of hydrogen-bond acceptors (Lipinski definition) is 10. The Balaban J connectivity index is 1.65. The van der Waals surface area contributed by atoms with Crippen LogP contribution in [0.5, 0.6) is 0 Å². The Morgan fingerprint density at radius 1 is 1.24 bits per heavy atom. The van der Waals surface area contributed by atoms with Gasteiger partial charge in [0.05, 0.1) is 18.4 Å². The Bertz CT molecular complexity index is 1090. The summed E-state index contributed by atoms with van der Waals surface area (Å²) in [6.07, 6.45) is 0.348. The van der Waals surface area contributed by atoms with Gasteiger partial charge in [-0.25, -0.2) is 19.8 Å². The molecule has 0 spiro atoms. The lowest BCUT2D eigenvalue weighted by molar-refractivity contribution is -0.140. The predicted molar refractivity (Wildman–Crippen MR) is 119 cm³/mol. The summed E-state index contributed by atoms with van der Waals surface area (Å²) in [6.45, 7) is 0.390. The largest absolute Gasteiger partial charge is 0.481 e. The Morgan fingerprint density at radius 3 is 2.58 bits per heavy atom. The molecule has 1 aromatic carbocycles. The fraction of sp³-hybridized carbons (Fsp3) is 0.300. The number of aliphatic imine (C=N–C) groups is 1. The van der Waals surface area contributed by atoms with Crippen LogP contribution in [-0.4, -0.2) is 63.2 Å². The molecule has 2 heterocycles. The molecule has 0 bridgehead atoms. The monoisotopic (exact) mass is 456 g/mol. The van der Waals surface area contributed by atoms with Crippen molar-refractivity contribution in [2.75, 3.05) is 17.3 Å². The van der Waals surface area contributed by atoms with E-state index in [1.165, 1.54) is 0 Å². The molecule has 0 fully saturated rings. The van der Waals surface area contributed by atoms with Crippen molar-refractivity contribution in [2.45, 2.75) is 31.7 Å². The second-order valence-electron chi connectivity index (χ2n) is 7.36. The van der Waals surface area contributed by atoms with Gasteiger partial charge in [0.15, 0.2) is 17.9 Å². The van der Waals surface area contributed by atoms with E-state index in [4.69, 9.17) is 16.6 Å². The number of carboxylic acids is 2. The van der Waals surface area contributed by atoms with Crippen LogP contribution in [0.25, 0.3) is 0 Å². The zero-order valence-corrected chi connectivity index (χ0v) is 17.7. The number of hydrogen-bond donors (Lipinski definition) is 6. The third kappa shape index (κ3) is 5.92. The van der Waals surface area contributed by atoms with E-state index in [1.807, 2.05) is 11.9 Å². The van der Waals surface area contributed by atoms with E-state index < -0.39 is 30.2 Å². The van der Waals surface area contributed by atoms with E-state index in [0.717, 1.165) is 5.69 Å². The summed E-state index contributed by atoms with van der Waals surface area (Å²) in [6, 6.07) is 5.20. The minimum Gasteiger partial charge on any atom is -0.481 e. The van der Waals surface area contributed by atoms with Crippen molar-refractivity contribution in [2.24, 2.45) is 16.5 Å². The average Bonchev–Trinajstić information content (AvgIpc) is 2.76. The normalized spacial score (nSPS) is 15.5. The molecule has 33 heavy (non-hydrogen) atoms. The van der Waals surface area contributed by atoms with Crippen molar-refractivity contribution < 1.29 is 24.6 Å². The highest BCUT2D eigenvalue weighted by atomic mass is 16.4. The molecule has 2 atom stereocenters. The first kappa shape index (κ1) is 23.4. The van der Waals surface area contributed by atoms with Crippen molar-refractivity contribution in [3.63, 3.8) is 0 Å². The molecule has 0 radical (unpaired) electrons. The van der Waals surface area contributed by atoms with Crippen LogP contribution in [0.3, 0.4) is 0 Å². The quantitative estimate of drug-likeness (QED) is 0.284. The molecule has 174 valence electrons. The van der Waals surface area contributed by atoms with Crippen LogP contribution >= 0.6 is 0 Å². The molecule has 13 heteroatoms. The Morgan fingerprint density at radius 2 is 1.94 bits per heavy atom. The number of nitrogens with one attached hydrogen (secondary N) is 2. The number of amidine groups is 1. The molecule has 1 amide bonds. The van der Waals surface area contributed by atoms with Gasteiger partial charge in [-0.2, -0.15) is 0 Å². The Hall–Kier alpha value is -4.26. The zero-order valence-electron chi connectivity index (χ0n) is 17.7. The zero-order chi connectivity index (χ0) is 24.1. The second kappa shape index (κ2) is 9.91. The molecule has 1 aliphatic rings. The number of aliphatic carboxylic acids is 2. The standard InChI is InChI=1S/C20H24N8O5/c1-28(9-11-8-23-17-15(24-11)16(21)26-20(22)27-17)12-4-2-10(3-5-12)18(31)25-13(19(32)33)6-7-14(29)30/h2-5,8,13,20H,6-7,9,22H2,1H3,(H2,21,26)(H,23,27)(H,25,31)(H,29,30)(H,32,33). The van der Waals surface area contributed by atoms with E-state index in [2.05, 4.69) is 25.6 Å². The lowest BCUT2D eigenvalue weighted by Gasteiger charge is -2.22. The van der Waals surface area contributed by atoms with Gasteiger partial charge in [-0.1, -0.05) is 0 Å². The highest BCUT2D eigenvalue weighted by Crippen LogP contribution is 2.19. The lowest BCUT2D eigenvalue weighted by atomic mass is 10.1. The number of nitrogens with zero attached hydrogens (tertiary/aromatic N) is 4. The van der Waals surface area contributed by atoms with Crippen LogP contribution in [0.1, 0.15) is 34.6 Å². The Labute approximate surface area is 188 Å². The number of amides is 1. The number of carbonyl (C=O) groups is 3. The Kier molecular flexibility index (Phi) is 7.03. The molecular weight excluding hydrogens is 432 g/mol. The summed E-state index contributed by atoms with van der Waals surface area (Å²) in [5.74, 6) is -2.38. The third-order valence-electron chi connectivity index (χ3n) is 4.85. The van der Waals surface area contributed by atoms with Crippen LogP contribution in [0.2, 0.25) is 0 Å². The molecule has 0 saturated heterocycles. The summed E-state index contributed by atoms with van der Waals surface area (Å²) in [5.41, 5.74) is 13.7. The van der Waals surface area contributed by atoms with E-state index in [0.29, 0.717) is 23.8 Å². The predicted octanol–water partition coefficient (Wildman–Crippen LogP) is -0.466. The number of carbonyl (C=O) groups excluding carboxylic acids is 1. The number of fused-ring (bicyclic) bond motifs is 1. The number of anilines is 2. The van der Waals surface area contributed by atoms with Crippen LogP contribution < -0.4 is 27.0 Å². The van der Waals surface area contributed by atoms with E-state index in [1.54, 1.807) is 30.5 Å². The van der Waals surface area contributed by atoms with Gasteiger partial charge >= 0.3 is 11.9 Å². The molecule has 8 N–H and O–H groups in total. The van der Waals surface area contributed by atoms with Crippen LogP contribution in [0, 0.1) is 0 Å². The fourth-order valence-corrected chi connectivity index (χ4v) is 3.14. The lowest BCUT2D eigenvalue weighted by Crippen LogP contribution is -2.41. The third-order valence-corrected chi connectivity index (χ3v) is 4.85. The molecule has 2 unspecified atom stereocenters. The first-order chi connectivity index (χ1) is 15.6. The van der Waals surface area contributed by atoms with Crippen molar-refractivity contribution >= 4 is 35.2 Å². The molecule has 3 rings (SSSR count). The van der Waals surface area contributed by atoms with Gasteiger partial charge in [0.25, 0.3) is 5.91 Å². The summed E-state index contributed by atoms with van der Waals surface area (Å²) < 4.78 is 0.